The number of rotatable bonds is 3. The molecule has 1 fully saturated rings. The minimum absolute atomic E-state index is 0.556. The summed E-state index contributed by atoms with van der Waals surface area (Å²) >= 11 is 0. The van der Waals surface area contributed by atoms with Crippen LogP contribution in [0, 0.1) is 6.92 Å². The van der Waals surface area contributed by atoms with Crippen LogP contribution in [0.3, 0.4) is 0 Å². The van der Waals surface area contributed by atoms with Gasteiger partial charge in [-0.15, -0.1) is 0 Å². The Morgan fingerprint density at radius 3 is 2.89 bits per heavy atom. The molecular weight excluding hydrogens is 236 g/mol. The highest BCUT2D eigenvalue weighted by molar-refractivity contribution is 5.36. The van der Waals surface area contributed by atoms with Gasteiger partial charge in [0.05, 0.1) is 7.11 Å². The van der Waals surface area contributed by atoms with Gasteiger partial charge in [0.1, 0.15) is 5.75 Å². The van der Waals surface area contributed by atoms with Crippen LogP contribution in [0.4, 0.5) is 0 Å². The number of methoxy groups -OCH3 is 1. The molecular formula is C16H26N2O. The van der Waals surface area contributed by atoms with Gasteiger partial charge in [0.15, 0.2) is 0 Å². The Hall–Kier alpha value is -1.06. The third kappa shape index (κ3) is 3.71. The lowest BCUT2D eigenvalue weighted by molar-refractivity contribution is 0.196. The van der Waals surface area contributed by atoms with E-state index in [1.807, 2.05) is 0 Å². The first kappa shape index (κ1) is 14.4. The summed E-state index contributed by atoms with van der Waals surface area (Å²) < 4.78 is 5.49. The van der Waals surface area contributed by atoms with Crippen LogP contribution in [0.1, 0.15) is 31.4 Å². The molecule has 3 heteroatoms. The molecule has 1 N–H and O–H groups in total. The molecule has 1 aromatic rings. The van der Waals surface area contributed by atoms with Gasteiger partial charge in [-0.3, -0.25) is 4.90 Å². The molecule has 1 aromatic carbocycles. The van der Waals surface area contributed by atoms with Crippen molar-refractivity contribution in [3.63, 3.8) is 0 Å². The standard InChI is InChI=1S/C16H26N2O/c1-12-5-6-16(19-4)15(9-12)11-18-10-13(2)17-8-7-14(18)3/h5-6,9,13-14,17H,7-8,10-11H2,1-4H3. The fraction of sp³-hybridized carbons (Fsp3) is 0.625. The van der Waals surface area contributed by atoms with E-state index in [4.69, 9.17) is 4.74 Å². The molecule has 2 atom stereocenters. The Bertz CT molecular complexity index is 419. The molecule has 0 radical (unpaired) electrons. The number of nitrogens with zero attached hydrogens (tertiary/aromatic N) is 1. The van der Waals surface area contributed by atoms with Gasteiger partial charge in [0.25, 0.3) is 0 Å². The Balaban J connectivity index is 2.16. The fourth-order valence-corrected chi connectivity index (χ4v) is 2.79. The second kappa shape index (κ2) is 6.40. The third-order valence-corrected chi connectivity index (χ3v) is 4.00. The van der Waals surface area contributed by atoms with Crippen molar-refractivity contribution in [1.82, 2.24) is 10.2 Å². The third-order valence-electron chi connectivity index (χ3n) is 4.00. The molecule has 2 rings (SSSR count). The van der Waals surface area contributed by atoms with Crippen LogP contribution >= 0.6 is 0 Å². The average molecular weight is 262 g/mol. The van der Waals surface area contributed by atoms with Gasteiger partial charge in [0.2, 0.25) is 0 Å². The first-order valence-corrected chi connectivity index (χ1v) is 7.21. The first-order valence-electron chi connectivity index (χ1n) is 7.21. The van der Waals surface area contributed by atoms with Crippen LogP contribution < -0.4 is 10.1 Å². The highest BCUT2D eigenvalue weighted by atomic mass is 16.5. The Morgan fingerprint density at radius 1 is 1.37 bits per heavy atom. The smallest absolute Gasteiger partial charge is 0.123 e. The summed E-state index contributed by atoms with van der Waals surface area (Å²) in [4.78, 5) is 2.56. The molecule has 1 saturated heterocycles. The minimum atomic E-state index is 0.556. The van der Waals surface area contributed by atoms with Crippen molar-refractivity contribution in [2.45, 2.75) is 45.8 Å². The SMILES string of the molecule is COc1ccc(C)cc1CN1CC(C)NCCC1C. The second-order valence-corrected chi connectivity index (χ2v) is 5.74. The molecule has 0 amide bonds. The lowest BCUT2D eigenvalue weighted by atomic mass is 10.1. The van der Waals surface area contributed by atoms with E-state index in [0.717, 1.165) is 25.4 Å². The summed E-state index contributed by atoms with van der Waals surface area (Å²) in [6, 6.07) is 7.60. The Labute approximate surface area is 116 Å². The fourth-order valence-electron chi connectivity index (χ4n) is 2.79. The van der Waals surface area contributed by atoms with E-state index in [2.05, 4.69) is 49.2 Å². The van der Waals surface area contributed by atoms with E-state index < -0.39 is 0 Å². The van der Waals surface area contributed by atoms with E-state index in [0.29, 0.717) is 12.1 Å². The highest BCUT2D eigenvalue weighted by Crippen LogP contribution is 2.23. The average Bonchev–Trinajstić information content (AvgIpc) is 2.52. The van der Waals surface area contributed by atoms with Crippen LogP contribution in [0.25, 0.3) is 0 Å². The number of nitrogens with one attached hydrogen (secondary N) is 1. The van der Waals surface area contributed by atoms with Crippen molar-refractivity contribution < 1.29 is 4.74 Å². The van der Waals surface area contributed by atoms with E-state index in [1.54, 1.807) is 7.11 Å². The number of benzene rings is 1. The summed E-state index contributed by atoms with van der Waals surface area (Å²) in [5.41, 5.74) is 2.59. The Morgan fingerprint density at radius 2 is 2.16 bits per heavy atom. The molecule has 0 aliphatic carbocycles. The van der Waals surface area contributed by atoms with Crippen molar-refractivity contribution in [2.24, 2.45) is 0 Å². The van der Waals surface area contributed by atoms with Gasteiger partial charge < -0.3 is 10.1 Å². The molecule has 0 spiro atoms. The van der Waals surface area contributed by atoms with E-state index in [9.17, 15) is 0 Å². The zero-order valence-electron chi connectivity index (χ0n) is 12.6. The molecule has 106 valence electrons. The number of hydrogen-bond donors (Lipinski definition) is 1. The number of hydrogen-bond acceptors (Lipinski definition) is 3. The maximum absolute atomic E-state index is 5.49. The first-order chi connectivity index (χ1) is 9.10. The minimum Gasteiger partial charge on any atom is -0.496 e. The van der Waals surface area contributed by atoms with Crippen molar-refractivity contribution in [2.75, 3.05) is 20.2 Å². The maximum Gasteiger partial charge on any atom is 0.123 e. The second-order valence-electron chi connectivity index (χ2n) is 5.74. The predicted molar refractivity (Wildman–Crippen MR) is 79.7 cm³/mol. The molecule has 3 nitrogen and oxygen atoms in total. The molecule has 2 unspecified atom stereocenters. The quantitative estimate of drug-likeness (QED) is 0.906. The molecule has 0 saturated carbocycles. The zero-order chi connectivity index (χ0) is 13.8. The lowest BCUT2D eigenvalue weighted by Crippen LogP contribution is -2.38. The molecule has 0 aromatic heterocycles. The van der Waals surface area contributed by atoms with Crippen molar-refractivity contribution in [3.8, 4) is 5.75 Å². The summed E-state index contributed by atoms with van der Waals surface area (Å²) in [6.07, 6.45) is 1.21. The monoisotopic (exact) mass is 262 g/mol. The van der Waals surface area contributed by atoms with E-state index >= 15 is 0 Å². The van der Waals surface area contributed by atoms with Crippen molar-refractivity contribution in [3.05, 3.63) is 29.3 Å². The van der Waals surface area contributed by atoms with Crippen LogP contribution in [-0.4, -0.2) is 37.2 Å². The van der Waals surface area contributed by atoms with E-state index in [1.165, 1.54) is 17.5 Å². The van der Waals surface area contributed by atoms with Crippen LogP contribution in [0.15, 0.2) is 18.2 Å². The van der Waals surface area contributed by atoms with Crippen LogP contribution in [0.5, 0.6) is 5.75 Å². The van der Waals surface area contributed by atoms with Crippen LogP contribution in [-0.2, 0) is 6.54 Å². The maximum atomic E-state index is 5.49. The van der Waals surface area contributed by atoms with Crippen molar-refractivity contribution in [1.29, 1.82) is 0 Å². The van der Waals surface area contributed by atoms with Gasteiger partial charge in [-0.2, -0.15) is 0 Å². The van der Waals surface area contributed by atoms with Gasteiger partial charge in [-0.1, -0.05) is 17.7 Å². The Kier molecular flexibility index (Phi) is 4.83. The largest absolute Gasteiger partial charge is 0.496 e. The van der Waals surface area contributed by atoms with Gasteiger partial charge in [-0.05, 0) is 39.8 Å². The van der Waals surface area contributed by atoms with Gasteiger partial charge in [0, 0.05) is 30.7 Å². The zero-order valence-corrected chi connectivity index (χ0v) is 12.6. The lowest BCUT2D eigenvalue weighted by Gasteiger charge is -2.28. The molecule has 1 heterocycles. The normalized spacial score (nSPS) is 25.1. The van der Waals surface area contributed by atoms with E-state index in [-0.39, 0.29) is 0 Å². The molecule has 1 aliphatic heterocycles. The summed E-state index contributed by atoms with van der Waals surface area (Å²) in [5, 5.41) is 3.56. The number of ether oxygens (including phenoxy) is 1. The predicted octanol–water partition coefficient (Wildman–Crippen LogP) is 2.58. The molecule has 19 heavy (non-hydrogen) atoms. The summed E-state index contributed by atoms with van der Waals surface area (Å²) in [5.74, 6) is 1.00. The summed E-state index contributed by atoms with van der Waals surface area (Å²) in [7, 11) is 1.75. The number of aryl methyl sites for hydroxylation is 1. The van der Waals surface area contributed by atoms with Crippen LogP contribution in [0.2, 0.25) is 0 Å². The topological polar surface area (TPSA) is 24.5 Å². The molecule has 1 aliphatic rings. The van der Waals surface area contributed by atoms with Gasteiger partial charge in [-0.25, -0.2) is 0 Å². The summed E-state index contributed by atoms with van der Waals surface area (Å²) in [6.45, 7) is 9.90. The molecule has 0 bridgehead atoms. The highest BCUT2D eigenvalue weighted by Gasteiger charge is 2.21. The van der Waals surface area contributed by atoms with Crippen molar-refractivity contribution >= 4 is 0 Å². The van der Waals surface area contributed by atoms with Gasteiger partial charge >= 0.3 is 0 Å².